The van der Waals surface area contributed by atoms with Crippen LogP contribution in [-0.4, -0.2) is 41.1 Å². The van der Waals surface area contributed by atoms with E-state index in [0.717, 1.165) is 0 Å². The van der Waals surface area contributed by atoms with Crippen molar-refractivity contribution in [3.8, 4) is 0 Å². The highest BCUT2D eigenvalue weighted by Crippen LogP contribution is 2.46. The number of halogens is 3. The Hall–Kier alpha value is -1.27. The number of likely N-dealkylation sites (tertiary alicyclic amines) is 1. The maximum absolute atomic E-state index is 12.8. The monoisotopic (exact) mass is 267 g/mol. The molecule has 0 atom stereocenters. The smallest absolute Gasteiger partial charge is 0.405 e. The molecule has 4 nitrogen and oxygen atoms in total. The Bertz CT molecular complexity index is 344. The zero-order chi connectivity index (χ0) is 14.1. The lowest BCUT2D eigenvalue weighted by atomic mass is 9.77. The molecule has 1 aliphatic heterocycles. The van der Waals surface area contributed by atoms with Gasteiger partial charge in [0, 0.05) is 19.0 Å². The number of amides is 1. The Morgan fingerprint density at radius 3 is 1.94 bits per heavy atom. The predicted molar refractivity (Wildman–Crippen MR) is 56.8 cm³/mol. The van der Waals surface area contributed by atoms with Gasteiger partial charge in [0.1, 0.15) is 0 Å². The maximum Gasteiger partial charge on any atom is 0.405 e. The lowest BCUT2D eigenvalue weighted by molar-refractivity contribution is -0.242. The quantitative estimate of drug-likeness (QED) is 0.831. The lowest BCUT2D eigenvalue weighted by Crippen LogP contribution is -2.54. The summed E-state index contributed by atoms with van der Waals surface area (Å²) in [6.45, 7) is 2.99. The minimum atomic E-state index is -4.79. The van der Waals surface area contributed by atoms with Crippen LogP contribution in [0.4, 0.5) is 13.2 Å². The summed E-state index contributed by atoms with van der Waals surface area (Å²) in [5.41, 5.74) is -2.71. The molecular weight excluding hydrogens is 251 g/mol. The lowest BCUT2D eigenvalue weighted by Gasteiger charge is -2.40. The van der Waals surface area contributed by atoms with Crippen molar-refractivity contribution >= 4 is 11.9 Å². The third-order valence-electron chi connectivity index (χ3n) is 3.37. The number of carbonyl (C=O) groups is 2. The van der Waals surface area contributed by atoms with Gasteiger partial charge in [0.2, 0.25) is 5.91 Å². The SMILES string of the molecule is CC(C)C(=O)N1CCC(C(=O)O)(C(F)(F)F)CC1. The Morgan fingerprint density at radius 2 is 1.67 bits per heavy atom. The second-order valence-electron chi connectivity index (χ2n) is 4.87. The summed E-state index contributed by atoms with van der Waals surface area (Å²) in [5, 5.41) is 8.83. The Morgan fingerprint density at radius 1 is 1.22 bits per heavy atom. The molecule has 18 heavy (non-hydrogen) atoms. The number of carboxylic acid groups (broad SMARTS) is 1. The molecule has 104 valence electrons. The second-order valence-corrected chi connectivity index (χ2v) is 4.87. The van der Waals surface area contributed by atoms with Crippen LogP contribution in [0.2, 0.25) is 0 Å². The van der Waals surface area contributed by atoms with Gasteiger partial charge >= 0.3 is 12.1 Å². The van der Waals surface area contributed by atoms with Crippen LogP contribution in [0.1, 0.15) is 26.7 Å². The van der Waals surface area contributed by atoms with Gasteiger partial charge in [-0.25, -0.2) is 0 Å². The van der Waals surface area contributed by atoms with Crippen LogP contribution >= 0.6 is 0 Å². The molecule has 0 aromatic heterocycles. The highest BCUT2D eigenvalue weighted by molar-refractivity contribution is 5.79. The van der Waals surface area contributed by atoms with E-state index in [1.54, 1.807) is 13.8 Å². The van der Waals surface area contributed by atoms with Crippen molar-refractivity contribution in [3.63, 3.8) is 0 Å². The molecule has 1 saturated heterocycles. The highest BCUT2D eigenvalue weighted by atomic mass is 19.4. The molecule has 0 radical (unpaired) electrons. The largest absolute Gasteiger partial charge is 0.481 e. The van der Waals surface area contributed by atoms with Gasteiger partial charge in [0.15, 0.2) is 5.41 Å². The third-order valence-corrected chi connectivity index (χ3v) is 3.37. The number of piperidine rings is 1. The highest BCUT2D eigenvalue weighted by Gasteiger charge is 2.61. The zero-order valence-corrected chi connectivity index (χ0v) is 10.3. The number of aliphatic carboxylic acids is 1. The van der Waals surface area contributed by atoms with Gasteiger partial charge in [0.25, 0.3) is 0 Å². The first kappa shape index (κ1) is 14.8. The first-order valence-electron chi connectivity index (χ1n) is 5.71. The molecule has 7 heteroatoms. The van der Waals surface area contributed by atoms with Crippen molar-refractivity contribution in [3.05, 3.63) is 0 Å². The van der Waals surface area contributed by atoms with Crippen molar-refractivity contribution in [2.45, 2.75) is 32.9 Å². The van der Waals surface area contributed by atoms with Crippen LogP contribution in [0.15, 0.2) is 0 Å². The Balaban J connectivity index is 2.83. The van der Waals surface area contributed by atoms with E-state index in [1.165, 1.54) is 4.90 Å². The summed E-state index contributed by atoms with van der Waals surface area (Å²) in [7, 11) is 0. The maximum atomic E-state index is 12.8. The van der Waals surface area contributed by atoms with Crippen molar-refractivity contribution in [2.75, 3.05) is 13.1 Å². The third kappa shape index (κ3) is 2.44. The van der Waals surface area contributed by atoms with Gasteiger partial charge in [0.05, 0.1) is 0 Å². The Labute approximate surface area is 103 Å². The van der Waals surface area contributed by atoms with Gasteiger partial charge in [-0.3, -0.25) is 9.59 Å². The molecule has 0 bridgehead atoms. The van der Waals surface area contributed by atoms with Crippen molar-refractivity contribution in [2.24, 2.45) is 11.3 Å². The van der Waals surface area contributed by atoms with Crippen molar-refractivity contribution in [1.29, 1.82) is 0 Å². The van der Waals surface area contributed by atoms with E-state index >= 15 is 0 Å². The first-order valence-corrected chi connectivity index (χ1v) is 5.71. The number of carboxylic acids is 1. The normalized spacial score (nSPS) is 20.0. The first-order chi connectivity index (χ1) is 8.12. The summed E-state index contributed by atoms with van der Waals surface area (Å²) in [4.78, 5) is 23.8. The molecule has 0 unspecified atom stereocenters. The minimum Gasteiger partial charge on any atom is -0.481 e. The van der Waals surface area contributed by atoms with Crippen molar-refractivity contribution in [1.82, 2.24) is 4.90 Å². The van der Waals surface area contributed by atoms with E-state index < -0.39 is 30.4 Å². The molecule has 1 rings (SSSR count). The summed E-state index contributed by atoms with van der Waals surface area (Å²) in [5.74, 6) is -2.39. The molecule has 0 aromatic rings. The predicted octanol–water partition coefficient (Wildman–Crippen LogP) is 1.90. The molecule has 1 aliphatic rings. The van der Waals surface area contributed by atoms with Crippen LogP contribution < -0.4 is 0 Å². The van der Waals surface area contributed by atoms with Gasteiger partial charge in [-0.05, 0) is 12.8 Å². The standard InChI is InChI=1S/C11H16F3NO3/c1-7(2)8(16)15-5-3-10(4-6-15,9(17)18)11(12,13)14/h7H,3-6H2,1-2H3,(H,17,18). The number of alkyl halides is 3. The van der Waals surface area contributed by atoms with E-state index in [0.29, 0.717) is 0 Å². The van der Waals surface area contributed by atoms with Crippen LogP contribution in [0.25, 0.3) is 0 Å². The Kier molecular flexibility index (Phi) is 3.92. The van der Waals surface area contributed by atoms with Crippen LogP contribution in [0, 0.1) is 11.3 Å². The minimum absolute atomic E-state index is 0.164. The van der Waals surface area contributed by atoms with Crippen LogP contribution in [0.3, 0.4) is 0 Å². The molecular formula is C11H16F3NO3. The fourth-order valence-corrected chi connectivity index (χ4v) is 2.09. The fraction of sp³-hybridized carbons (Fsp3) is 0.818. The van der Waals surface area contributed by atoms with Crippen molar-refractivity contribution < 1.29 is 27.9 Å². The number of hydrogen-bond acceptors (Lipinski definition) is 2. The number of rotatable bonds is 2. The summed E-state index contributed by atoms with van der Waals surface area (Å²) < 4.78 is 38.5. The van der Waals surface area contributed by atoms with Gasteiger partial charge in [-0.2, -0.15) is 13.2 Å². The molecule has 0 aliphatic carbocycles. The summed E-state index contributed by atoms with van der Waals surface area (Å²) in [6, 6.07) is 0. The average molecular weight is 267 g/mol. The zero-order valence-electron chi connectivity index (χ0n) is 10.3. The summed E-state index contributed by atoms with van der Waals surface area (Å²) in [6.07, 6.45) is -5.94. The molecule has 0 aromatic carbocycles. The molecule has 1 N–H and O–H groups in total. The van der Waals surface area contributed by atoms with Gasteiger partial charge in [-0.15, -0.1) is 0 Å². The van der Waals surface area contributed by atoms with E-state index in [9.17, 15) is 22.8 Å². The molecule has 1 fully saturated rings. The van der Waals surface area contributed by atoms with Gasteiger partial charge < -0.3 is 10.0 Å². The van der Waals surface area contributed by atoms with Crippen LogP contribution in [0.5, 0.6) is 0 Å². The van der Waals surface area contributed by atoms with Crippen LogP contribution in [-0.2, 0) is 9.59 Å². The van der Waals surface area contributed by atoms with E-state index in [-0.39, 0.29) is 24.9 Å². The van der Waals surface area contributed by atoms with E-state index in [4.69, 9.17) is 5.11 Å². The van der Waals surface area contributed by atoms with E-state index in [2.05, 4.69) is 0 Å². The molecule has 0 spiro atoms. The van der Waals surface area contributed by atoms with E-state index in [1.807, 2.05) is 0 Å². The second kappa shape index (κ2) is 4.78. The summed E-state index contributed by atoms with van der Waals surface area (Å²) >= 11 is 0. The number of hydrogen-bond donors (Lipinski definition) is 1. The number of nitrogens with zero attached hydrogens (tertiary/aromatic N) is 1. The fourth-order valence-electron chi connectivity index (χ4n) is 2.09. The number of carbonyl (C=O) groups excluding carboxylic acids is 1. The topological polar surface area (TPSA) is 57.6 Å². The molecule has 0 saturated carbocycles. The average Bonchev–Trinajstić information content (AvgIpc) is 2.26. The van der Waals surface area contributed by atoms with Gasteiger partial charge in [-0.1, -0.05) is 13.8 Å². The molecule has 1 heterocycles. The molecule has 1 amide bonds.